The minimum atomic E-state index is -0.0719. The van der Waals surface area contributed by atoms with E-state index in [9.17, 15) is 0 Å². The fourth-order valence-corrected chi connectivity index (χ4v) is 2.65. The summed E-state index contributed by atoms with van der Waals surface area (Å²) in [5.41, 5.74) is 0. The predicted octanol–water partition coefficient (Wildman–Crippen LogP) is 1.07. The van der Waals surface area contributed by atoms with E-state index < -0.39 is 0 Å². The SMILES string of the molecule is COC(CN(CC1CCNCC1)C1CC1)OC. The topological polar surface area (TPSA) is 33.7 Å². The van der Waals surface area contributed by atoms with Crippen molar-refractivity contribution in [3.05, 3.63) is 0 Å². The van der Waals surface area contributed by atoms with Crippen molar-refractivity contribution in [1.29, 1.82) is 0 Å². The molecule has 4 heteroatoms. The molecule has 1 saturated carbocycles. The van der Waals surface area contributed by atoms with Crippen LogP contribution in [0.3, 0.4) is 0 Å². The second kappa shape index (κ2) is 6.69. The molecule has 2 rings (SSSR count). The Morgan fingerprint density at radius 1 is 1.12 bits per heavy atom. The van der Waals surface area contributed by atoms with E-state index in [1.54, 1.807) is 14.2 Å². The molecule has 0 aromatic carbocycles. The van der Waals surface area contributed by atoms with E-state index in [1.807, 2.05) is 0 Å². The van der Waals surface area contributed by atoms with E-state index >= 15 is 0 Å². The summed E-state index contributed by atoms with van der Waals surface area (Å²) >= 11 is 0. The van der Waals surface area contributed by atoms with E-state index in [2.05, 4.69) is 10.2 Å². The van der Waals surface area contributed by atoms with Gasteiger partial charge in [-0.05, 0) is 44.7 Å². The molecule has 1 aliphatic carbocycles. The molecule has 1 heterocycles. The Morgan fingerprint density at radius 3 is 2.29 bits per heavy atom. The predicted molar refractivity (Wildman–Crippen MR) is 68.0 cm³/mol. The van der Waals surface area contributed by atoms with Crippen LogP contribution in [0.25, 0.3) is 0 Å². The summed E-state index contributed by atoms with van der Waals surface area (Å²) < 4.78 is 10.6. The van der Waals surface area contributed by atoms with Gasteiger partial charge in [-0.25, -0.2) is 0 Å². The highest BCUT2D eigenvalue weighted by Crippen LogP contribution is 2.29. The van der Waals surface area contributed by atoms with E-state index in [1.165, 1.54) is 45.3 Å². The van der Waals surface area contributed by atoms with E-state index in [0.717, 1.165) is 18.5 Å². The van der Waals surface area contributed by atoms with Gasteiger partial charge in [0.05, 0.1) is 0 Å². The van der Waals surface area contributed by atoms with Gasteiger partial charge in [0.25, 0.3) is 0 Å². The third-order valence-corrected chi connectivity index (χ3v) is 3.92. The molecule has 0 spiro atoms. The van der Waals surface area contributed by atoms with Crippen LogP contribution in [0.5, 0.6) is 0 Å². The van der Waals surface area contributed by atoms with Crippen LogP contribution >= 0.6 is 0 Å². The fourth-order valence-electron chi connectivity index (χ4n) is 2.65. The van der Waals surface area contributed by atoms with E-state index in [4.69, 9.17) is 9.47 Å². The zero-order valence-corrected chi connectivity index (χ0v) is 11.2. The Balaban J connectivity index is 1.79. The van der Waals surface area contributed by atoms with Crippen LogP contribution in [0.1, 0.15) is 25.7 Å². The van der Waals surface area contributed by atoms with Crippen molar-refractivity contribution >= 4 is 0 Å². The smallest absolute Gasteiger partial charge is 0.169 e. The van der Waals surface area contributed by atoms with Gasteiger partial charge in [0.2, 0.25) is 0 Å². The van der Waals surface area contributed by atoms with Gasteiger partial charge in [-0.15, -0.1) is 0 Å². The monoisotopic (exact) mass is 242 g/mol. The molecule has 0 bridgehead atoms. The third kappa shape index (κ3) is 4.21. The van der Waals surface area contributed by atoms with Crippen molar-refractivity contribution < 1.29 is 9.47 Å². The minimum absolute atomic E-state index is 0.0719. The fraction of sp³-hybridized carbons (Fsp3) is 1.00. The van der Waals surface area contributed by atoms with Gasteiger partial charge in [-0.2, -0.15) is 0 Å². The summed E-state index contributed by atoms with van der Waals surface area (Å²) in [6.45, 7) is 4.50. The molecular formula is C13H26N2O2. The molecule has 4 nitrogen and oxygen atoms in total. The minimum Gasteiger partial charge on any atom is -0.355 e. The first-order valence-electron chi connectivity index (χ1n) is 6.84. The lowest BCUT2D eigenvalue weighted by molar-refractivity contribution is -0.118. The molecule has 0 radical (unpaired) electrons. The Morgan fingerprint density at radius 2 is 1.76 bits per heavy atom. The number of methoxy groups -OCH3 is 2. The summed E-state index contributed by atoms with van der Waals surface area (Å²) in [5.74, 6) is 0.853. The van der Waals surface area contributed by atoms with Gasteiger partial charge < -0.3 is 14.8 Å². The number of ether oxygens (including phenoxy) is 2. The molecule has 0 atom stereocenters. The molecule has 1 aliphatic heterocycles. The maximum atomic E-state index is 5.32. The van der Waals surface area contributed by atoms with Gasteiger partial charge in [0, 0.05) is 33.4 Å². The average molecular weight is 242 g/mol. The summed E-state index contributed by atoms with van der Waals surface area (Å²) in [6, 6.07) is 0.790. The standard InChI is InChI=1S/C13H26N2O2/c1-16-13(17-2)10-15(12-3-4-12)9-11-5-7-14-8-6-11/h11-14H,3-10H2,1-2H3. The molecule has 1 N–H and O–H groups in total. The number of piperidine rings is 1. The van der Waals surface area contributed by atoms with Crippen LogP contribution in [0.15, 0.2) is 0 Å². The molecule has 0 aromatic heterocycles. The van der Waals surface area contributed by atoms with Gasteiger partial charge in [-0.3, -0.25) is 4.90 Å². The van der Waals surface area contributed by atoms with E-state index in [-0.39, 0.29) is 6.29 Å². The van der Waals surface area contributed by atoms with Crippen LogP contribution in [-0.4, -0.2) is 57.6 Å². The van der Waals surface area contributed by atoms with E-state index in [0.29, 0.717) is 0 Å². The van der Waals surface area contributed by atoms with Crippen molar-refractivity contribution in [3.63, 3.8) is 0 Å². The second-order valence-corrected chi connectivity index (χ2v) is 5.28. The first-order valence-corrected chi connectivity index (χ1v) is 6.84. The highest BCUT2D eigenvalue weighted by atomic mass is 16.7. The molecule has 0 aromatic rings. The molecule has 1 saturated heterocycles. The molecule has 2 fully saturated rings. The van der Waals surface area contributed by atoms with Crippen molar-refractivity contribution in [2.45, 2.75) is 38.0 Å². The average Bonchev–Trinajstić information content (AvgIpc) is 3.20. The van der Waals surface area contributed by atoms with Crippen molar-refractivity contribution in [2.75, 3.05) is 40.4 Å². The zero-order valence-electron chi connectivity index (χ0n) is 11.2. The maximum Gasteiger partial charge on any atom is 0.169 e. The first-order chi connectivity index (χ1) is 8.33. The summed E-state index contributed by atoms with van der Waals surface area (Å²) in [6.07, 6.45) is 5.26. The Bertz CT molecular complexity index is 211. The summed E-state index contributed by atoms with van der Waals surface area (Å²) in [4.78, 5) is 2.58. The number of nitrogens with zero attached hydrogens (tertiary/aromatic N) is 1. The lowest BCUT2D eigenvalue weighted by atomic mass is 9.97. The Labute approximate surface area is 105 Å². The van der Waals surface area contributed by atoms with Gasteiger partial charge in [0.15, 0.2) is 6.29 Å². The highest BCUT2D eigenvalue weighted by molar-refractivity contribution is 4.87. The third-order valence-electron chi connectivity index (χ3n) is 3.92. The second-order valence-electron chi connectivity index (χ2n) is 5.28. The molecule has 0 unspecified atom stereocenters. The summed E-state index contributed by atoms with van der Waals surface area (Å²) in [7, 11) is 3.45. The molecule has 2 aliphatic rings. The maximum absolute atomic E-state index is 5.32. The Kier molecular flexibility index (Phi) is 5.22. The van der Waals surface area contributed by atoms with Crippen LogP contribution in [0.2, 0.25) is 0 Å². The van der Waals surface area contributed by atoms with Crippen molar-refractivity contribution in [1.82, 2.24) is 10.2 Å². The quantitative estimate of drug-likeness (QED) is 0.677. The van der Waals surface area contributed by atoms with Gasteiger partial charge in [-0.1, -0.05) is 0 Å². The Hall–Kier alpha value is -0.160. The number of nitrogens with one attached hydrogen (secondary N) is 1. The number of hydrogen-bond donors (Lipinski definition) is 1. The number of hydrogen-bond acceptors (Lipinski definition) is 4. The molecular weight excluding hydrogens is 216 g/mol. The molecule has 0 amide bonds. The highest BCUT2D eigenvalue weighted by Gasteiger charge is 2.32. The normalized spacial score (nSPS) is 22.6. The summed E-state index contributed by atoms with van der Waals surface area (Å²) in [5, 5.41) is 3.43. The largest absolute Gasteiger partial charge is 0.355 e. The lowest BCUT2D eigenvalue weighted by Crippen LogP contribution is -2.41. The molecule has 100 valence electrons. The van der Waals surface area contributed by atoms with Crippen LogP contribution in [-0.2, 0) is 9.47 Å². The zero-order chi connectivity index (χ0) is 12.1. The number of rotatable bonds is 7. The molecule has 17 heavy (non-hydrogen) atoms. The lowest BCUT2D eigenvalue weighted by Gasteiger charge is -2.31. The van der Waals surface area contributed by atoms with Crippen LogP contribution in [0.4, 0.5) is 0 Å². The first kappa shape index (κ1) is 13.3. The van der Waals surface area contributed by atoms with Crippen LogP contribution in [0, 0.1) is 5.92 Å². The van der Waals surface area contributed by atoms with Gasteiger partial charge >= 0.3 is 0 Å². The van der Waals surface area contributed by atoms with Crippen molar-refractivity contribution in [2.24, 2.45) is 5.92 Å². The van der Waals surface area contributed by atoms with Gasteiger partial charge in [0.1, 0.15) is 0 Å². The van der Waals surface area contributed by atoms with Crippen molar-refractivity contribution in [3.8, 4) is 0 Å². The van der Waals surface area contributed by atoms with Crippen LogP contribution < -0.4 is 5.32 Å².